The van der Waals surface area contributed by atoms with Crippen molar-refractivity contribution in [1.29, 1.82) is 0 Å². The van der Waals surface area contributed by atoms with Crippen LogP contribution in [-0.2, 0) is 6.54 Å². The summed E-state index contributed by atoms with van der Waals surface area (Å²) in [6.07, 6.45) is 1.32. The van der Waals surface area contributed by atoms with Crippen LogP contribution in [0.4, 0.5) is 5.69 Å². The fourth-order valence-electron chi connectivity index (χ4n) is 3.23. The summed E-state index contributed by atoms with van der Waals surface area (Å²) in [5.74, 6) is 1.48. The zero-order chi connectivity index (χ0) is 15.6. The number of hydrogen-bond donors (Lipinski definition) is 1. The molecule has 3 unspecified atom stereocenters. The lowest BCUT2D eigenvalue weighted by molar-refractivity contribution is 0.297. The van der Waals surface area contributed by atoms with Crippen LogP contribution in [0.25, 0.3) is 0 Å². The number of nitrogens with one attached hydrogen (secondary N) is 1. The topological polar surface area (TPSA) is 15.3 Å². The van der Waals surface area contributed by atoms with Gasteiger partial charge in [0.15, 0.2) is 0 Å². The molecule has 0 aliphatic carbocycles. The lowest BCUT2D eigenvalue weighted by Gasteiger charge is -2.42. The number of halogens is 1. The predicted molar refractivity (Wildman–Crippen MR) is 93.2 cm³/mol. The third-order valence-corrected chi connectivity index (χ3v) is 5.02. The Bertz CT molecular complexity index is 472. The van der Waals surface area contributed by atoms with E-state index in [2.05, 4.69) is 63.0 Å². The van der Waals surface area contributed by atoms with Crippen molar-refractivity contribution in [1.82, 2.24) is 5.32 Å². The second-order valence-corrected chi connectivity index (χ2v) is 7.43. The molecule has 0 spiro atoms. The lowest BCUT2D eigenvalue weighted by atomic mass is 9.85. The van der Waals surface area contributed by atoms with E-state index >= 15 is 0 Å². The summed E-state index contributed by atoms with van der Waals surface area (Å²) in [7, 11) is 0. The van der Waals surface area contributed by atoms with Crippen LogP contribution in [-0.4, -0.2) is 18.6 Å². The molecule has 21 heavy (non-hydrogen) atoms. The van der Waals surface area contributed by atoms with Crippen molar-refractivity contribution in [2.45, 2.75) is 59.7 Å². The van der Waals surface area contributed by atoms with Crippen molar-refractivity contribution < 1.29 is 0 Å². The number of anilines is 1. The summed E-state index contributed by atoms with van der Waals surface area (Å²) in [4.78, 5) is 2.52. The highest BCUT2D eigenvalue weighted by Crippen LogP contribution is 2.33. The van der Waals surface area contributed by atoms with Crippen molar-refractivity contribution in [3.63, 3.8) is 0 Å². The van der Waals surface area contributed by atoms with Crippen LogP contribution in [0.2, 0.25) is 5.02 Å². The number of piperidine rings is 1. The van der Waals surface area contributed by atoms with Gasteiger partial charge in [-0.2, -0.15) is 0 Å². The minimum absolute atomic E-state index is 0.476. The van der Waals surface area contributed by atoms with Gasteiger partial charge in [0.1, 0.15) is 0 Å². The Morgan fingerprint density at radius 1 is 1.29 bits per heavy atom. The van der Waals surface area contributed by atoms with Gasteiger partial charge in [-0.25, -0.2) is 0 Å². The Kier molecular flexibility index (Phi) is 5.56. The van der Waals surface area contributed by atoms with Crippen LogP contribution >= 0.6 is 11.6 Å². The van der Waals surface area contributed by atoms with Gasteiger partial charge >= 0.3 is 0 Å². The van der Waals surface area contributed by atoms with E-state index in [1.54, 1.807) is 0 Å². The molecule has 1 aromatic carbocycles. The van der Waals surface area contributed by atoms with E-state index in [1.807, 2.05) is 0 Å². The minimum atomic E-state index is 0.476. The Hall–Kier alpha value is -0.730. The molecular weight excluding hydrogens is 280 g/mol. The summed E-state index contributed by atoms with van der Waals surface area (Å²) >= 11 is 6.49. The molecule has 1 saturated heterocycles. The van der Waals surface area contributed by atoms with E-state index < -0.39 is 0 Å². The largest absolute Gasteiger partial charge is 0.368 e. The molecule has 3 atom stereocenters. The maximum atomic E-state index is 6.49. The predicted octanol–water partition coefficient (Wildman–Crippen LogP) is 4.71. The number of hydrogen-bond acceptors (Lipinski definition) is 2. The van der Waals surface area contributed by atoms with Gasteiger partial charge in [0.25, 0.3) is 0 Å². The molecule has 2 rings (SSSR count). The van der Waals surface area contributed by atoms with Gasteiger partial charge in [-0.15, -0.1) is 0 Å². The molecule has 1 N–H and O–H groups in total. The lowest BCUT2D eigenvalue weighted by Crippen LogP contribution is -2.45. The number of benzene rings is 1. The molecule has 0 amide bonds. The molecule has 0 radical (unpaired) electrons. The first-order chi connectivity index (χ1) is 9.88. The van der Waals surface area contributed by atoms with E-state index in [0.29, 0.717) is 12.1 Å². The van der Waals surface area contributed by atoms with Crippen LogP contribution in [0.15, 0.2) is 18.2 Å². The Balaban J connectivity index is 2.15. The second-order valence-electron chi connectivity index (χ2n) is 7.02. The van der Waals surface area contributed by atoms with Crippen LogP contribution in [0, 0.1) is 11.8 Å². The van der Waals surface area contributed by atoms with Crippen molar-refractivity contribution in [2.24, 2.45) is 11.8 Å². The molecule has 1 aliphatic rings. The van der Waals surface area contributed by atoms with Crippen molar-refractivity contribution >= 4 is 17.3 Å². The normalized spacial score (nSPS) is 26.4. The second kappa shape index (κ2) is 7.02. The first kappa shape index (κ1) is 16.6. The molecule has 2 nitrogen and oxygen atoms in total. The number of rotatable bonds is 4. The average Bonchev–Trinajstić information content (AvgIpc) is 2.41. The zero-order valence-electron chi connectivity index (χ0n) is 14.0. The van der Waals surface area contributed by atoms with Gasteiger partial charge in [-0.1, -0.05) is 45.4 Å². The maximum Gasteiger partial charge on any atom is 0.0471 e. The summed E-state index contributed by atoms with van der Waals surface area (Å²) in [6, 6.07) is 7.59. The monoisotopic (exact) mass is 308 g/mol. The quantitative estimate of drug-likeness (QED) is 0.866. The van der Waals surface area contributed by atoms with E-state index in [4.69, 9.17) is 11.6 Å². The SMILES string of the molecule is CC1CC(C)C(C)N(c2ccc(CNC(C)C)c(Cl)c2)C1. The van der Waals surface area contributed by atoms with Gasteiger partial charge < -0.3 is 10.2 Å². The summed E-state index contributed by atoms with van der Waals surface area (Å²) in [6.45, 7) is 13.3. The van der Waals surface area contributed by atoms with Crippen LogP contribution in [0.1, 0.15) is 46.6 Å². The summed E-state index contributed by atoms with van der Waals surface area (Å²) in [5.41, 5.74) is 2.44. The molecule has 3 heteroatoms. The third kappa shape index (κ3) is 4.14. The highest BCUT2D eigenvalue weighted by atomic mass is 35.5. The molecule has 1 aromatic rings. The van der Waals surface area contributed by atoms with E-state index in [1.165, 1.54) is 17.7 Å². The highest BCUT2D eigenvalue weighted by Gasteiger charge is 2.29. The van der Waals surface area contributed by atoms with E-state index in [-0.39, 0.29) is 0 Å². The fourth-order valence-corrected chi connectivity index (χ4v) is 3.47. The molecule has 118 valence electrons. The van der Waals surface area contributed by atoms with Gasteiger partial charge in [0, 0.05) is 35.9 Å². The van der Waals surface area contributed by atoms with Crippen LogP contribution < -0.4 is 10.2 Å². The van der Waals surface area contributed by atoms with Gasteiger partial charge in [-0.05, 0) is 42.9 Å². The zero-order valence-corrected chi connectivity index (χ0v) is 14.7. The van der Waals surface area contributed by atoms with Crippen molar-refractivity contribution in [3.8, 4) is 0 Å². The molecule has 1 fully saturated rings. The number of nitrogens with zero attached hydrogens (tertiary/aromatic N) is 1. The molecule has 0 aromatic heterocycles. The maximum absolute atomic E-state index is 6.49. The molecule has 0 bridgehead atoms. The van der Waals surface area contributed by atoms with Crippen LogP contribution in [0.3, 0.4) is 0 Å². The smallest absolute Gasteiger partial charge is 0.0471 e. The molecular formula is C18H29ClN2. The highest BCUT2D eigenvalue weighted by molar-refractivity contribution is 6.31. The molecule has 1 aliphatic heterocycles. The van der Waals surface area contributed by atoms with Gasteiger partial charge in [0.2, 0.25) is 0 Å². The first-order valence-electron chi connectivity index (χ1n) is 8.17. The third-order valence-electron chi connectivity index (χ3n) is 4.67. The summed E-state index contributed by atoms with van der Waals surface area (Å²) < 4.78 is 0. The van der Waals surface area contributed by atoms with Crippen molar-refractivity contribution in [3.05, 3.63) is 28.8 Å². The summed E-state index contributed by atoms with van der Waals surface area (Å²) in [5, 5.41) is 4.30. The van der Waals surface area contributed by atoms with Gasteiger partial charge in [-0.3, -0.25) is 0 Å². The fraction of sp³-hybridized carbons (Fsp3) is 0.667. The first-order valence-corrected chi connectivity index (χ1v) is 8.54. The average molecular weight is 309 g/mol. The van der Waals surface area contributed by atoms with Crippen molar-refractivity contribution in [2.75, 3.05) is 11.4 Å². The Morgan fingerprint density at radius 2 is 2.00 bits per heavy atom. The van der Waals surface area contributed by atoms with Gasteiger partial charge in [0.05, 0.1) is 0 Å². The van der Waals surface area contributed by atoms with E-state index in [9.17, 15) is 0 Å². The molecule has 1 heterocycles. The Morgan fingerprint density at radius 3 is 2.62 bits per heavy atom. The Labute approximate surface area is 134 Å². The van der Waals surface area contributed by atoms with E-state index in [0.717, 1.165) is 29.9 Å². The van der Waals surface area contributed by atoms with Crippen LogP contribution in [0.5, 0.6) is 0 Å². The molecule has 0 saturated carbocycles. The standard InChI is InChI=1S/C18H29ClN2/c1-12(2)20-10-16-6-7-17(9-18(16)19)21-11-13(3)8-14(4)15(21)5/h6-7,9,12-15,20H,8,10-11H2,1-5H3. The minimum Gasteiger partial charge on any atom is -0.368 e.